The third-order valence-electron chi connectivity index (χ3n) is 1.73. The quantitative estimate of drug-likeness (QED) is 0.566. The van der Waals surface area contributed by atoms with E-state index in [0.29, 0.717) is 5.69 Å². The fourth-order valence-corrected chi connectivity index (χ4v) is 1.09. The Hall–Kier alpha value is -1.83. The molecular weight excluding hydrogens is 238 g/mol. The number of alkyl halides is 2. The first-order valence-electron chi connectivity index (χ1n) is 4.58. The fourth-order valence-electron chi connectivity index (χ4n) is 1.09. The van der Waals surface area contributed by atoms with Crippen LogP contribution in [-0.2, 0) is 11.3 Å². The minimum Gasteiger partial charge on any atom is -0.467 e. The fraction of sp³-hybridized carbons (Fsp3) is 0.444. The minimum atomic E-state index is -2.72. The number of nitro groups is 1. The molecule has 0 aliphatic heterocycles. The van der Waals surface area contributed by atoms with Crippen LogP contribution in [0.2, 0.25) is 0 Å². The molecule has 0 atom stereocenters. The van der Waals surface area contributed by atoms with Gasteiger partial charge in [0.15, 0.2) is 6.61 Å². The highest BCUT2D eigenvalue weighted by atomic mass is 19.3. The summed E-state index contributed by atoms with van der Waals surface area (Å²) in [6.07, 6.45) is -2.72. The molecule has 0 saturated carbocycles. The van der Waals surface area contributed by atoms with E-state index >= 15 is 0 Å². The van der Waals surface area contributed by atoms with Crippen LogP contribution in [0.5, 0.6) is 5.88 Å². The molecule has 17 heavy (non-hydrogen) atoms. The highest BCUT2D eigenvalue weighted by molar-refractivity contribution is 5.41. The van der Waals surface area contributed by atoms with E-state index in [2.05, 4.69) is 9.72 Å². The lowest BCUT2D eigenvalue weighted by molar-refractivity contribution is -0.386. The van der Waals surface area contributed by atoms with Gasteiger partial charge in [-0.3, -0.25) is 10.1 Å². The standard InChI is InChI=1S/C9H10F2N2O4/c1-16-4-6-2-3-7(13(14)15)9(12-6)17-5-8(10)11/h2-3,8H,4-5H2,1H3. The highest BCUT2D eigenvalue weighted by Crippen LogP contribution is 2.25. The van der Waals surface area contributed by atoms with E-state index in [-0.39, 0.29) is 6.61 Å². The van der Waals surface area contributed by atoms with Crippen LogP contribution in [-0.4, -0.2) is 30.0 Å². The first kappa shape index (κ1) is 13.2. The average molecular weight is 248 g/mol. The van der Waals surface area contributed by atoms with Crippen molar-refractivity contribution in [1.82, 2.24) is 4.98 Å². The monoisotopic (exact) mass is 248 g/mol. The van der Waals surface area contributed by atoms with Gasteiger partial charge in [0, 0.05) is 13.2 Å². The second-order valence-corrected chi connectivity index (χ2v) is 3.02. The van der Waals surface area contributed by atoms with Crippen LogP contribution in [0.1, 0.15) is 5.69 Å². The van der Waals surface area contributed by atoms with Crippen LogP contribution in [0, 0.1) is 10.1 Å². The second kappa shape index (κ2) is 6.04. The predicted octanol–water partition coefficient (Wildman–Crippen LogP) is 1.78. The van der Waals surface area contributed by atoms with Gasteiger partial charge in [0.05, 0.1) is 17.2 Å². The maximum atomic E-state index is 12.0. The lowest BCUT2D eigenvalue weighted by atomic mass is 10.3. The Bertz CT molecular complexity index is 401. The van der Waals surface area contributed by atoms with E-state index in [4.69, 9.17) is 4.74 Å². The maximum Gasteiger partial charge on any atom is 0.330 e. The Morgan fingerprint density at radius 1 is 1.53 bits per heavy atom. The lowest BCUT2D eigenvalue weighted by Crippen LogP contribution is -2.10. The summed E-state index contributed by atoms with van der Waals surface area (Å²) in [4.78, 5) is 13.6. The van der Waals surface area contributed by atoms with Gasteiger partial charge < -0.3 is 9.47 Å². The first-order valence-corrected chi connectivity index (χ1v) is 4.58. The van der Waals surface area contributed by atoms with Crippen molar-refractivity contribution >= 4 is 5.69 Å². The van der Waals surface area contributed by atoms with Crippen LogP contribution in [0.25, 0.3) is 0 Å². The molecule has 0 bridgehead atoms. The Balaban J connectivity index is 2.94. The Morgan fingerprint density at radius 3 is 2.76 bits per heavy atom. The largest absolute Gasteiger partial charge is 0.467 e. The Morgan fingerprint density at radius 2 is 2.24 bits per heavy atom. The van der Waals surface area contributed by atoms with Crippen molar-refractivity contribution in [2.45, 2.75) is 13.0 Å². The molecule has 0 radical (unpaired) electrons. The van der Waals surface area contributed by atoms with Crippen molar-refractivity contribution in [3.05, 3.63) is 27.9 Å². The summed E-state index contributed by atoms with van der Waals surface area (Å²) in [5, 5.41) is 10.6. The zero-order chi connectivity index (χ0) is 12.8. The third kappa shape index (κ3) is 3.91. The molecule has 1 heterocycles. The molecule has 0 spiro atoms. The van der Waals surface area contributed by atoms with Crippen molar-refractivity contribution in [2.24, 2.45) is 0 Å². The van der Waals surface area contributed by atoms with Gasteiger partial charge in [0.1, 0.15) is 0 Å². The van der Waals surface area contributed by atoms with E-state index in [1.807, 2.05) is 0 Å². The molecule has 0 unspecified atom stereocenters. The van der Waals surface area contributed by atoms with Gasteiger partial charge in [-0.05, 0) is 6.07 Å². The van der Waals surface area contributed by atoms with E-state index in [9.17, 15) is 18.9 Å². The van der Waals surface area contributed by atoms with E-state index in [1.54, 1.807) is 0 Å². The molecule has 8 heteroatoms. The van der Waals surface area contributed by atoms with E-state index in [0.717, 1.165) is 6.07 Å². The molecule has 1 aromatic heterocycles. The molecule has 1 rings (SSSR count). The molecule has 0 saturated heterocycles. The Kier molecular flexibility index (Phi) is 4.70. The van der Waals surface area contributed by atoms with Crippen molar-refractivity contribution in [2.75, 3.05) is 13.7 Å². The van der Waals surface area contributed by atoms with Gasteiger partial charge in [0.25, 0.3) is 12.3 Å². The summed E-state index contributed by atoms with van der Waals surface area (Å²) < 4.78 is 33.3. The third-order valence-corrected chi connectivity index (χ3v) is 1.73. The van der Waals surface area contributed by atoms with Gasteiger partial charge in [-0.2, -0.15) is 0 Å². The molecular formula is C9H10F2N2O4. The number of pyridine rings is 1. The SMILES string of the molecule is COCc1ccc([N+](=O)[O-])c(OCC(F)F)n1. The molecule has 0 aliphatic rings. The normalized spacial score (nSPS) is 10.6. The van der Waals surface area contributed by atoms with Crippen molar-refractivity contribution in [3.8, 4) is 5.88 Å². The van der Waals surface area contributed by atoms with Crippen molar-refractivity contribution in [3.63, 3.8) is 0 Å². The number of nitrogens with zero attached hydrogens (tertiary/aromatic N) is 2. The Labute approximate surface area is 95.3 Å². The summed E-state index contributed by atoms with van der Waals surface area (Å²) in [6.45, 7) is -0.826. The van der Waals surface area contributed by atoms with E-state index < -0.39 is 29.5 Å². The summed E-state index contributed by atoms with van der Waals surface area (Å²) in [7, 11) is 1.42. The van der Waals surface area contributed by atoms with Crippen LogP contribution < -0.4 is 4.74 Å². The molecule has 6 nitrogen and oxygen atoms in total. The molecule has 1 aromatic rings. The van der Waals surface area contributed by atoms with Gasteiger partial charge in [-0.25, -0.2) is 13.8 Å². The number of halogens is 2. The second-order valence-electron chi connectivity index (χ2n) is 3.02. The lowest BCUT2D eigenvalue weighted by Gasteiger charge is -2.06. The zero-order valence-corrected chi connectivity index (χ0v) is 8.93. The first-order chi connectivity index (χ1) is 8.04. The summed E-state index contributed by atoms with van der Waals surface area (Å²) in [5.41, 5.74) is -0.0899. The van der Waals surface area contributed by atoms with Gasteiger partial charge >= 0.3 is 5.69 Å². The van der Waals surface area contributed by atoms with Crippen molar-refractivity contribution in [1.29, 1.82) is 0 Å². The molecule has 94 valence electrons. The molecule has 0 aromatic carbocycles. The van der Waals surface area contributed by atoms with Crippen LogP contribution in [0.3, 0.4) is 0 Å². The summed E-state index contributed by atoms with van der Waals surface area (Å²) >= 11 is 0. The minimum absolute atomic E-state index is 0.114. The number of rotatable bonds is 6. The molecule has 0 N–H and O–H groups in total. The highest BCUT2D eigenvalue weighted by Gasteiger charge is 2.19. The average Bonchev–Trinajstić information content (AvgIpc) is 2.26. The summed E-state index contributed by atoms with van der Waals surface area (Å²) in [5.74, 6) is -0.426. The molecule has 0 amide bonds. The van der Waals surface area contributed by atoms with Crippen molar-refractivity contribution < 1.29 is 23.2 Å². The predicted molar refractivity (Wildman–Crippen MR) is 53.1 cm³/mol. The topological polar surface area (TPSA) is 74.5 Å². The smallest absolute Gasteiger partial charge is 0.330 e. The van der Waals surface area contributed by atoms with Gasteiger partial charge in [-0.1, -0.05) is 0 Å². The van der Waals surface area contributed by atoms with Gasteiger partial charge in [-0.15, -0.1) is 0 Å². The number of ether oxygens (including phenoxy) is 2. The van der Waals surface area contributed by atoms with Crippen LogP contribution in [0.4, 0.5) is 14.5 Å². The van der Waals surface area contributed by atoms with Crippen LogP contribution in [0.15, 0.2) is 12.1 Å². The number of methoxy groups -OCH3 is 1. The maximum absolute atomic E-state index is 12.0. The number of hydrogen-bond donors (Lipinski definition) is 0. The number of aromatic nitrogens is 1. The van der Waals surface area contributed by atoms with E-state index in [1.165, 1.54) is 13.2 Å². The van der Waals surface area contributed by atoms with Gasteiger partial charge in [0.2, 0.25) is 0 Å². The summed E-state index contributed by atoms with van der Waals surface area (Å²) in [6, 6.07) is 2.51. The van der Waals surface area contributed by atoms with Crippen LogP contribution >= 0.6 is 0 Å². The molecule has 0 aliphatic carbocycles. The molecule has 0 fully saturated rings. The zero-order valence-electron chi connectivity index (χ0n) is 8.93. The number of hydrogen-bond acceptors (Lipinski definition) is 5.